The summed E-state index contributed by atoms with van der Waals surface area (Å²) >= 11 is 0. The summed E-state index contributed by atoms with van der Waals surface area (Å²) in [5.74, 6) is 0.884. The van der Waals surface area contributed by atoms with Gasteiger partial charge in [0, 0.05) is 19.1 Å². The third-order valence-corrected chi connectivity index (χ3v) is 5.58. The van der Waals surface area contributed by atoms with Crippen molar-refractivity contribution in [3.8, 4) is 0 Å². The van der Waals surface area contributed by atoms with Gasteiger partial charge in [0.2, 0.25) is 10.0 Å². The average Bonchev–Trinajstić information content (AvgIpc) is 2.37. The second kappa shape index (κ2) is 8.22. The van der Waals surface area contributed by atoms with Crippen LogP contribution in [0.1, 0.15) is 52.4 Å². The second-order valence-electron chi connectivity index (χ2n) is 5.70. The van der Waals surface area contributed by atoms with Crippen molar-refractivity contribution in [3.05, 3.63) is 0 Å². The molecule has 0 aliphatic heterocycles. The number of hydrogen-bond acceptors (Lipinski definition) is 3. The molecule has 19 heavy (non-hydrogen) atoms. The number of nitrogens with zero attached hydrogens (tertiary/aromatic N) is 1. The zero-order valence-corrected chi connectivity index (χ0v) is 13.5. The van der Waals surface area contributed by atoms with E-state index in [2.05, 4.69) is 12.2 Å². The van der Waals surface area contributed by atoms with E-state index in [1.807, 2.05) is 6.92 Å². The van der Waals surface area contributed by atoms with Crippen LogP contribution in [-0.4, -0.2) is 44.7 Å². The second-order valence-corrected chi connectivity index (χ2v) is 7.68. The van der Waals surface area contributed by atoms with Gasteiger partial charge in [0.25, 0.3) is 0 Å². The molecule has 1 N–H and O–H groups in total. The minimum absolute atomic E-state index is 0.570. The fourth-order valence-corrected chi connectivity index (χ4v) is 3.90. The lowest BCUT2D eigenvalue weighted by Gasteiger charge is -2.29. The molecule has 0 bridgehead atoms. The molecule has 1 rings (SSSR count). The van der Waals surface area contributed by atoms with Gasteiger partial charge < -0.3 is 5.32 Å². The third-order valence-electron chi connectivity index (χ3n) is 4.20. The van der Waals surface area contributed by atoms with Crippen molar-refractivity contribution in [2.75, 3.05) is 25.9 Å². The number of sulfonamides is 1. The van der Waals surface area contributed by atoms with Crippen molar-refractivity contribution in [3.63, 3.8) is 0 Å². The van der Waals surface area contributed by atoms with Gasteiger partial charge in [0.15, 0.2) is 0 Å². The molecule has 0 aromatic heterocycles. The topological polar surface area (TPSA) is 49.4 Å². The SMILES string of the molecule is CCC1CCCC(NCCCN(CC)S(C)(=O)=O)C1. The Hall–Kier alpha value is -0.130. The average molecular weight is 290 g/mol. The van der Waals surface area contributed by atoms with Crippen molar-refractivity contribution >= 4 is 10.0 Å². The van der Waals surface area contributed by atoms with Gasteiger partial charge in [-0.15, -0.1) is 0 Å². The summed E-state index contributed by atoms with van der Waals surface area (Å²) in [7, 11) is -3.03. The zero-order valence-electron chi connectivity index (χ0n) is 12.7. The monoisotopic (exact) mass is 290 g/mol. The molecule has 0 spiro atoms. The summed E-state index contributed by atoms with van der Waals surface area (Å²) in [5, 5.41) is 3.60. The predicted molar refractivity (Wildman–Crippen MR) is 80.7 cm³/mol. The minimum Gasteiger partial charge on any atom is -0.314 e. The quantitative estimate of drug-likeness (QED) is 0.697. The van der Waals surface area contributed by atoms with Gasteiger partial charge in [0.1, 0.15) is 0 Å². The molecule has 114 valence electrons. The molecule has 0 radical (unpaired) electrons. The molecule has 0 aromatic carbocycles. The van der Waals surface area contributed by atoms with E-state index < -0.39 is 10.0 Å². The summed E-state index contributed by atoms with van der Waals surface area (Å²) in [4.78, 5) is 0. The van der Waals surface area contributed by atoms with E-state index >= 15 is 0 Å². The highest BCUT2D eigenvalue weighted by Crippen LogP contribution is 2.26. The molecule has 2 unspecified atom stereocenters. The molecule has 4 nitrogen and oxygen atoms in total. The van der Waals surface area contributed by atoms with Gasteiger partial charge in [-0.05, 0) is 31.7 Å². The van der Waals surface area contributed by atoms with Gasteiger partial charge in [-0.25, -0.2) is 12.7 Å². The molecule has 0 aromatic rings. The standard InChI is InChI=1S/C14H30N2O2S/c1-4-13-8-6-9-14(12-13)15-10-7-11-16(5-2)19(3,17)18/h13-15H,4-12H2,1-3H3. The summed E-state index contributed by atoms with van der Waals surface area (Å²) < 4.78 is 24.4. The Kier molecular flexibility index (Phi) is 7.32. The van der Waals surface area contributed by atoms with Crippen molar-refractivity contribution in [1.82, 2.24) is 9.62 Å². The van der Waals surface area contributed by atoms with Crippen LogP contribution in [0.4, 0.5) is 0 Å². The zero-order chi connectivity index (χ0) is 14.3. The highest BCUT2D eigenvalue weighted by Gasteiger charge is 2.20. The van der Waals surface area contributed by atoms with Crippen molar-refractivity contribution in [2.45, 2.75) is 58.4 Å². The Morgan fingerprint density at radius 3 is 2.58 bits per heavy atom. The van der Waals surface area contributed by atoms with E-state index in [-0.39, 0.29) is 0 Å². The summed E-state index contributed by atoms with van der Waals surface area (Å²) in [5.41, 5.74) is 0. The number of hydrogen-bond donors (Lipinski definition) is 1. The predicted octanol–water partition coefficient (Wildman–Crippen LogP) is 2.22. The Labute approximate surface area is 119 Å². The van der Waals surface area contributed by atoms with Crippen LogP contribution in [-0.2, 0) is 10.0 Å². The van der Waals surface area contributed by atoms with Crippen molar-refractivity contribution in [1.29, 1.82) is 0 Å². The third kappa shape index (κ3) is 6.23. The molecule has 1 aliphatic carbocycles. The number of rotatable bonds is 8. The highest BCUT2D eigenvalue weighted by atomic mass is 32.2. The van der Waals surface area contributed by atoms with Crippen LogP contribution >= 0.6 is 0 Å². The van der Waals surface area contributed by atoms with E-state index in [0.29, 0.717) is 19.1 Å². The van der Waals surface area contributed by atoms with Gasteiger partial charge in [-0.3, -0.25) is 0 Å². The smallest absolute Gasteiger partial charge is 0.211 e. The largest absolute Gasteiger partial charge is 0.314 e. The summed E-state index contributed by atoms with van der Waals surface area (Å²) in [6, 6.07) is 0.645. The maximum absolute atomic E-state index is 11.4. The van der Waals surface area contributed by atoms with Crippen molar-refractivity contribution < 1.29 is 8.42 Å². The first-order valence-electron chi connectivity index (χ1n) is 7.65. The molecular formula is C14H30N2O2S. The Morgan fingerprint density at radius 1 is 1.26 bits per heavy atom. The highest BCUT2D eigenvalue weighted by molar-refractivity contribution is 7.88. The molecular weight excluding hydrogens is 260 g/mol. The van der Waals surface area contributed by atoms with Crippen LogP contribution in [0, 0.1) is 5.92 Å². The van der Waals surface area contributed by atoms with Crippen LogP contribution in [0.3, 0.4) is 0 Å². The van der Waals surface area contributed by atoms with Crippen LogP contribution < -0.4 is 5.32 Å². The first-order chi connectivity index (χ1) is 8.97. The lowest BCUT2D eigenvalue weighted by atomic mass is 9.84. The molecule has 1 aliphatic rings. The molecule has 5 heteroatoms. The lowest BCUT2D eigenvalue weighted by Crippen LogP contribution is -2.37. The van der Waals surface area contributed by atoms with Gasteiger partial charge in [-0.1, -0.05) is 33.1 Å². The molecule has 1 fully saturated rings. The van der Waals surface area contributed by atoms with Gasteiger partial charge in [-0.2, -0.15) is 0 Å². The fourth-order valence-electron chi connectivity index (χ4n) is 2.97. The van der Waals surface area contributed by atoms with Crippen LogP contribution in [0.15, 0.2) is 0 Å². The van der Waals surface area contributed by atoms with Crippen molar-refractivity contribution in [2.24, 2.45) is 5.92 Å². The fraction of sp³-hybridized carbons (Fsp3) is 1.00. The molecule has 0 heterocycles. The number of nitrogens with one attached hydrogen (secondary N) is 1. The van der Waals surface area contributed by atoms with Crippen LogP contribution in [0.25, 0.3) is 0 Å². The molecule has 0 saturated heterocycles. The van der Waals surface area contributed by atoms with Gasteiger partial charge in [0.05, 0.1) is 6.26 Å². The minimum atomic E-state index is -3.03. The first-order valence-corrected chi connectivity index (χ1v) is 9.50. The maximum Gasteiger partial charge on any atom is 0.211 e. The normalized spacial score (nSPS) is 24.8. The Morgan fingerprint density at radius 2 is 2.00 bits per heavy atom. The van der Waals surface area contributed by atoms with Crippen LogP contribution in [0.2, 0.25) is 0 Å². The summed E-state index contributed by atoms with van der Waals surface area (Å²) in [6.07, 6.45) is 8.76. The lowest BCUT2D eigenvalue weighted by molar-refractivity contribution is 0.277. The molecule has 2 atom stereocenters. The van der Waals surface area contributed by atoms with Crippen LogP contribution in [0.5, 0.6) is 0 Å². The van der Waals surface area contributed by atoms with E-state index in [4.69, 9.17) is 0 Å². The van der Waals surface area contributed by atoms with E-state index in [9.17, 15) is 8.42 Å². The molecule has 0 amide bonds. The van der Waals surface area contributed by atoms with E-state index in [0.717, 1.165) is 18.9 Å². The Balaban J connectivity index is 2.20. The maximum atomic E-state index is 11.4. The van der Waals surface area contributed by atoms with E-state index in [1.165, 1.54) is 38.4 Å². The van der Waals surface area contributed by atoms with Gasteiger partial charge >= 0.3 is 0 Å². The Bertz CT molecular complexity index is 343. The first kappa shape index (κ1) is 16.9. The molecule has 1 saturated carbocycles. The summed E-state index contributed by atoms with van der Waals surface area (Å²) in [6.45, 7) is 6.29. The van der Waals surface area contributed by atoms with E-state index in [1.54, 1.807) is 4.31 Å².